The largest absolute Gasteiger partial charge is 0.355 e. The summed E-state index contributed by atoms with van der Waals surface area (Å²) in [6.45, 7) is 1.36. The predicted octanol–water partition coefficient (Wildman–Crippen LogP) is 0.581. The Morgan fingerprint density at radius 1 is 1.40 bits per heavy atom. The zero-order valence-corrected chi connectivity index (χ0v) is 13.7. The number of pyridine rings is 1. The number of nitrogens with one attached hydrogen (secondary N) is 1. The summed E-state index contributed by atoms with van der Waals surface area (Å²) in [7, 11) is 0. The van der Waals surface area contributed by atoms with E-state index in [1.807, 2.05) is 12.1 Å². The van der Waals surface area contributed by atoms with Crippen LogP contribution in [0.5, 0.6) is 0 Å². The lowest BCUT2D eigenvalue weighted by atomic mass is 9.97. The number of likely N-dealkylation sites (tertiary alicyclic amines) is 1. The zero-order chi connectivity index (χ0) is 17.6. The van der Waals surface area contributed by atoms with E-state index in [1.54, 1.807) is 12.3 Å². The number of urea groups is 1. The number of carbonyl (C=O) groups excluding carboxylic acids is 2. The van der Waals surface area contributed by atoms with Crippen LogP contribution in [0.25, 0.3) is 11.5 Å². The van der Waals surface area contributed by atoms with Crippen molar-refractivity contribution in [2.24, 2.45) is 11.7 Å². The van der Waals surface area contributed by atoms with Gasteiger partial charge in [-0.25, -0.2) is 4.79 Å². The third kappa shape index (κ3) is 4.31. The Labute approximate surface area is 144 Å². The minimum atomic E-state index is -0.481. The van der Waals surface area contributed by atoms with Crippen LogP contribution in [-0.2, 0) is 11.2 Å². The van der Waals surface area contributed by atoms with Gasteiger partial charge in [-0.05, 0) is 25.0 Å². The van der Waals surface area contributed by atoms with Crippen molar-refractivity contribution >= 4 is 11.9 Å². The van der Waals surface area contributed by atoms with Gasteiger partial charge in [0.25, 0.3) is 0 Å². The van der Waals surface area contributed by atoms with Gasteiger partial charge in [-0.2, -0.15) is 4.98 Å². The first-order valence-electron chi connectivity index (χ1n) is 8.19. The summed E-state index contributed by atoms with van der Waals surface area (Å²) in [5.74, 6) is 0.540. The first-order valence-corrected chi connectivity index (χ1v) is 8.19. The molecule has 3 N–H and O–H groups in total. The van der Waals surface area contributed by atoms with Crippen LogP contribution in [-0.4, -0.2) is 51.6 Å². The number of aromatic nitrogens is 3. The van der Waals surface area contributed by atoms with E-state index in [4.69, 9.17) is 10.3 Å². The van der Waals surface area contributed by atoms with Gasteiger partial charge >= 0.3 is 6.03 Å². The number of carbonyl (C=O) groups is 2. The van der Waals surface area contributed by atoms with Crippen molar-refractivity contribution < 1.29 is 14.1 Å². The maximum atomic E-state index is 12.2. The second kappa shape index (κ2) is 7.73. The molecule has 1 unspecified atom stereocenters. The number of nitrogens with zero attached hydrogens (tertiary/aromatic N) is 4. The first kappa shape index (κ1) is 16.9. The highest BCUT2D eigenvalue weighted by molar-refractivity contribution is 5.80. The van der Waals surface area contributed by atoms with E-state index in [0.717, 1.165) is 12.8 Å². The van der Waals surface area contributed by atoms with Crippen molar-refractivity contribution in [1.82, 2.24) is 25.3 Å². The van der Waals surface area contributed by atoms with Gasteiger partial charge in [-0.15, -0.1) is 0 Å². The fraction of sp³-hybridized carbons (Fsp3) is 0.438. The summed E-state index contributed by atoms with van der Waals surface area (Å²) in [4.78, 5) is 33.4. The first-order chi connectivity index (χ1) is 12.1. The monoisotopic (exact) mass is 344 g/mol. The Hall–Kier alpha value is -2.97. The minimum absolute atomic E-state index is 0.0876. The molecule has 0 bridgehead atoms. The number of rotatable bonds is 5. The molecule has 132 valence electrons. The number of nitrogens with two attached hydrogens (primary N) is 1. The number of hydrogen-bond donors (Lipinski definition) is 2. The van der Waals surface area contributed by atoms with Gasteiger partial charge in [0, 0.05) is 32.3 Å². The average molecular weight is 344 g/mol. The molecule has 3 rings (SSSR count). The molecule has 0 aromatic carbocycles. The Balaban J connectivity index is 1.47. The second-order valence-corrected chi connectivity index (χ2v) is 5.89. The third-order valence-corrected chi connectivity index (χ3v) is 4.10. The van der Waals surface area contributed by atoms with Crippen molar-refractivity contribution in [3.63, 3.8) is 0 Å². The Bertz CT molecular complexity index is 732. The van der Waals surface area contributed by atoms with E-state index >= 15 is 0 Å². The SMILES string of the molecule is NC(=O)N1CCCC(C(=O)NCCc2nc(-c3ccccn3)no2)C1. The third-order valence-electron chi connectivity index (χ3n) is 4.10. The molecule has 1 saturated heterocycles. The van der Waals surface area contributed by atoms with Gasteiger partial charge in [0.15, 0.2) is 0 Å². The van der Waals surface area contributed by atoms with Crippen molar-refractivity contribution in [1.29, 1.82) is 0 Å². The van der Waals surface area contributed by atoms with Crippen molar-refractivity contribution in [3.8, 4) is 11.5 Å². The van der Waals surface area contributed by atoms with Crippen LogP contribution in [0.15, 0.2) is 28.9 Å². The summed E-state index contributed by atoms with van der Waals surface area (Å²) in [6, 6.07) is 4.97. The summed E-state index contributed by atoms with van der Waals surface area (Å²) in [6.07, 6.45) is 3.61. The van der Waals surface area contributed by atoms with E-state index < -0.39 is 6.03 Å². The molecule has 3 amide bonds. The molecule has 0 saturated carbocycles. The molecule has 9 heteroatoms. The molecular formula is C16H20N6O3. The maximum absolute atomic E-state index is 12.2. The van der Waals surface area contributed by atoms with Crippen LogP contribution >= 0.6 is 0 Å². The fourth-order valence-electron chi connectivity index (χ4n) is 2.78. The normalized spacial score (nSPS) is 17.3. The number of hydrogen-bond acceptors (Lipinski definition) is 6. The molecule has 1 atom stereocenters. The second-order valence-electron chi connectivity index (χ2n) is 5.89. The quantitative estimate of drug-likeness (QED) is 0.817. The molecule has 25 heavy (non-hydrogen) atoms. The standard InChI is InChI=1S/C16H20N6O3/c17-16(24)22-9-3-4-11(10-22)15(23)19-8-6-13-20-14(21-25-13)12-5-1-2-7-18-12/h1-2,5,7,11H,3-4,6,8-10H2,(H2,17,24)(H,19,23). The number of primary amides is 1. The highest BCUT2D eigenvalue weighted by Gasteiger charge is 2.27. The van der Waals surface area contributed by atoms with Crippen LogP contribution in [0.3, 0.4) is 0 Å². The minimum Gasteiger partial charge on any atom is -0.355 e. The van der Waals surface area contributed by atoms with Crippen LogP contribution in [0.4, 0.5) is 4.79 Å². The molecule has 1 aliphatic rings. The van der Waals surface area contributed by atoms with Gasteiger partial charge in [-0.1, -0.05) is 11.2 Å². The molecule has 0 aliphatic carbocycles. The Morgan fingerprint density at radius 3 is 3.04 bits per heavy atom. The lowest BCUT2D eigenvalue weighted by molar-refractivity contribution is -0.126. The lowest BCUT2D eigenvalue weighted by Crippen LogP contribution is -2.47. The highest BCUT2D eigenvalue weighted by Crippen LogP contribution is 2.16. The van der Waals surface area contributed by atoms with Crippen LogP contribution in [0.1, 0.15) is 18.7 Å². The van der Waals surface area contributed by atoms with Gasteiger partial charge in [0.1, 0.15) is 5.69 Å². The molecule has 1 aliphatic heterocycles. The topological polar surface area (TPSA) is 127 Å². The van der Waals surface area contributed by atoms with Gasteiger partial charge in [0.05, 0.1) is 5.92 Å². The van der Waals surface area contributed by atoms with Crippen molar-refractivity contribution in [2.45, 2.75) is 19.3 Å². The molecule has 2 aromatic rings. The van der Waals surface area contributed by atoms with E-state index in [0.29, 0.717) is 43.5 Å². The summed E-state index contributed by atoms with van der Waals surface area (Å²) < 4.78 is 5.17. The zero-order valence-electron chi connectivity index (χ0n) is 13.7. The van der Waals surface area contributed by atoms with E-state index in [-0.39, 0.29) is 11.8 Å². The molecule has 0 spiro atoms. The van der Waals surface area contributed by atoms with Crippen LogP contribution in [0, 0.1) is 5.92 Å². The maximum Gasteiger partial charge on any atom is 0.314 e. The van der Waals surface area contributed by atoms with E-state index in [9.17, 15) is 9.59 Å². The highest BCUT2D eigenvalue weighted by atomic mass is 16.5. The smallest absolute Gasteiger partial charge is 0.314 e. The van der Waals surface area contributed by atoms with E-state index in [2.05, 4.69) is 20.4 Å². The number of amides is 3. The summed E-state index contributed by atoms with van der Waals surface area (Å²) >= 11 is 0. The van der Waals surface area contributed by atoms with Crippen LogP contribution in [0.2, 0.25) is 0 Å². The van der Waals surface area contributed by atoms with E-state index in [1.165, 1.54) is 4.90 Å². The summed E-state index contributed by atoms with van der Waals surface area (Å²) in [5.41, 5.74) is 5.91. The molecule has 3 heterocycles. The fourth-order valence-corrected chi connectivity index (χ4v) is 2.78. The van der Waals surface area contributed by atoms with Gasteiger partial charge < -0.3 is 20.5 Å². The molecule has 2 aromatic heterocycles. The van der Waals surface area contributed by atoms with Gasteiger partial charge in [0.2, 0.25) is 17.6 Å². The molecule has 1 fully saturated rings. The molecule has 0 radical (unpaired) electrons. The molecule has 9 nitrogen and oxygen atoms in total. The average Bonchev–Trinajstić information content (AvgIpc) is 3.11. The number of piperidine rings is 1. The van der Waals surface area contributed by atoms with Crippen LogP contribution < -0.4 is 11.1 Å². The lowest BCUT2D eigenvalue weighted by Gasteiger charge is -2.30. The Morgan fingerprint density at radius 2 is 2.28 bits per heavy atom. The molecular weight excluding hydrogens is 324 g/mol. The van der Waals surface area contributed by atoms with Crippen molar-refractivity contribution in [3.05, 3.63) is 30.3 Å². The Kier molecular flexibility index (Phi) is 5.22. The summed E-state index contributed by atoms with van der Waals surface area (Å²) in [5, 5.41) is 6.73. The van der Waals surface area contributed by atoms with Gasteiger partial charge in [-0.3, -0.25) is 9.78 Å². The predicted molar refractivity (Wildman–Crippen MR) is 88.1 cm³/mol. The van der Waals surface area contributed by atoms with Crippen molar-refractivity contribution in [2.75, 3.05) is 19.6 Å².